The molecular formula is C33H48F2N4O4. The number of esters is 1. The number of hydrogen-bond acceptors (Lipinski definition) is 6. The van der Waals surface area contributed by atoms with Gasteiger partial charge >= 0.3 is 5.97 Å². The molecule has 238 valence electrons. The van der Waals surface area contributed by atoms with E-state index in [-0.39, 0.29) is 43.8 Å². The molecule has 10 heteroatoms. The van der Waals surface area contributed by atoms with Crippen molar-refractivity contribution in [3.63, 3.8) is 0 Å². The molecule has 0 aliphatic carbocycles. The second kappa shape index (κ2) is 18.3. The Morgan fingerprint density at radius 1 is 0.907 bits per heavy atom. The summed E-state index contributed by atoms with van der Waals surface area (Å²) < 4.78 is 33.0. The van der Waals surface area contributed by atoms with Gasteiger partial charge in [0.15, 0.2) is 6.10 Å². The Morgan fingerprint density at radius 3 is 2.28 bits per heavy atom. The van der Waals surface area contributed by atoms with E-state index in [0.29, 0.717) is 12.8 Å². The molecule has 0 spiro atoms. The summed E-state index contributed by atoms with van der Waals surface area (Å²) in [4.78, 5) is 38.4. The lowest BCUT2D eigenvalue weighted by Crippen LogP contribution is -2.52. The van der Waals surface area contributed by atoms with E-state index in [1.54, 1.807) is 0 Å². The summed E-state index contributed by atoms with van der Waals surface area (Å²) in [6.45, 7) is 6.23. The highest BCUT2D eigenvalue weighted by Gasteiger charge is 2.31. The minimum absolute atomic E-state index is 0.0124. The Balaban J connectivity index is 1.90. The fraction of sp³-hybridized carbons (Fsp3) is 0.545. The predicted octanol–water partition coefficient (Wildman–Crippen LogP) is 4.33. The first-order chi connectivity index (χ1) is 20.4. The van der Waals surface area contributed by atoms with Crippen LogP contribution in [0.1, 0.15) is 76.8 Å². The first kappa shape index (κ1) is 35.8. The molecule has 0 radical (unpaired) electrons. The van der Waals surface area contributed by atoms with Crippen LogP contribution >= 0.6 is 0 Å². The van der Waals surface area contributed by atoms with Crippen LogP contribution in [0.25, 0.3) is 0 Å². The van der Waals surface area contributed by atoms with Crippen molar-refractivity contribution in [3.8, 4) is 0 Å². The summed E-state index contributed by atoms with van der Waals surface area (Å²) >= 11 is 0. The third-order valence-electron chi connectivity index (χ3n) is 7.15. The Bertz CT molecular complexity index is 1160. The van der Waals surface area contributed by atoms with Crippen molar-refractivity contribution in [2.75, 3.05) is 13.1 Å². The molecule has 2 amide bonds. The smallest absolute Gasteiger partial charge is 0.306 e. The number of ether oxygens (including phenoxy) is 1. The van der Waals surface area contributed by atoms with Crippen LogP contribution in [0.3, 0.4) is 0 Å². The van der Waals surface area contributed by atoms with Gasteiger partial charge in [0.05, 0.1) is 6.04 Å². The normalized spacial score (nSPS) is 13.6. The van der Waals surface area contributed by atoms with Gasteiger partial charge in [-0.25, -0.2) is 8.78 Å². The van der Waals surface area contributed by atoms with Crippen LogP contribution in [0.5, 0.6) is 0 Å². The van der Waals surface area contributed by atoms with E-state index in [9.17, 15) is 23.2 Å². The molecule has 8 nitrogen and oxygen atoms in total. The van der Waals surface area contributed by atoms with Gasteiger partial charge in [0.2, 0.25) is 5.91 Å². The standard InChI is InChI=1S/C33H48F2N4O4/c1-4-5-6-7-11-14-30(41)43-31(28(37)17-23-12-9-8-10-13-23)32(42)39-22-33(2,3)21-38-29(40)20-26(36)19-24-18-25(34)15-16-27(24)35/h8-10,12-13,15-16,18,26,28,31H,4-7,11,14,17,19-22,36-37H2,1-3H3,(H,38,40)(H,39,42). The van der Waals surface area contributed by atoms with Gasteiger partial charge in [-0.05, 0) is 54.0 Å². The molecule has 43 heavy (non-hydrogen) atoms. The first-order valence-corrected chi connectivity index (χ1v) is 15.1. The van der Waals surface area contributed by atoms with Gasteiger partial charge in [0.1, 0.15) is 11.6 Å². The molecular weight excluding hydrogens is 554 g/mol. The minimum atomic E-state index is -1.17. The fourth-order valence-electron chi connectivity index (χ4n) is 4.59. The quantitative estimate of drug-likeness (QED) is 0.140. The average molecular weight is 603 g/mol. The lowest BCUT2D eigenvalue weighted by atomic mass is 9.92. The maximum atomic E-state index is 13.9. The van der Waals surface area contributed by atoms with E-state index in [0.717, 1.165) is 49.4 Å². The Kier molecular flexibility index (Phi) is 15.3. The second-order valence-corrected chi connectivity index (χ2v) is 12.0. The maximum Gasteiger partial charge on any atom is 0.306 e. The fourth-order valence-corrected chi connectivity index (χ4v) is 4.59. The van der Waals surface area contributed by atoms with Crippen molar-refractivity contribution in [2.45, 2.75) is 96.7 Å². The van der Waals surface area contributed by atoms with Crippen molar-refractivity contribution in [1.29, 1.82) is 0 Å². The molecule has 3 unspecified atom stereocenters. The number of halogens is 2. The van der Waals surface area contributed by atoms with Crippen LogP contribution in [0.2, 0.25) is 0 Å². The van der Waals surface area contributed by atoms with E-state index >= 15 is 0 Å². The highest BCUT2D eigenvalue weighted by atomic mass is 19.1. The molecule has 3 atom stereocenters. The minimum Gasteiger partial charge on any atom is -0.451 e. The van der Waals surface area contributed by atoms with Crippen LogP contribution < -0.4 is 22.1 Å². The van der Waals surface area contributed by atoms with Crippen LogP contribution in [0, 0.1) is 17.0 Å². The predicted molar refractivity (Wildman–Crippen MR) is 164 cm³/mol. The Labute approximate surface area is 254 Å². The van der Waals surface area contributed by atoms with Gasteiger partial charge in [-0.1, -0.05) is 76.8 Å². The zero-order chi connectivity index (χ0) is 31.8. The lowest BCUT2D eigenvalue weighted by molar-refractivity contribution is -0.157. The van der Waals surface area contributed by atoms with Gasteiger partial charge in [-0.15, -0.1) is 0 Å². The summed E-state index contributed by atoms with van der Waals surface area (Å²) in [6.07, 6.45) is 4.20. The molecule has 0 heterocycles. The monoisotopic (exact) mass is 602 g/mol. The Hall–Kier alpha value is -3.37. The second-order valence-electron chi connectivity index (χ2n) is 12.0. The molecule has 0 saturated heterocycles. The summed E-state index contributed by atoms with van der Waals surface area (Å²) in [5.74, 6) is -2.45. The van der Waals surface area contributed by atoms with Crippen molar-refractivity contribution >= 4 is 17.8 Å². The van der Waals surface area contributed by atoms with Crippen molar-refractivity contribution in [3.05, 3.63) is 71.3 Å². The molecule has 0 aliphatic rings. The van der Waals surface area contributed by atoms with Crippen LogP contribution in [-0.2, 0) is 32.0 Å². The van der Waals surface area contributed by atoms with Gasteiger partial charge in [-0.3, -0.25) is 14.4 Å². The summed E-state index contributed by atoms with van der Waals surface area (Å²) in [5, 5.41) is 5.63. The molecule has 2 aromatic rings. The van der Waals surface area contributed by atoms with Crippen LogP contribution in [0.4, 0.5) is 8.78 Å². The molecule has 0 aliphatic heterocycles. The SMILES string of the molecule is CCCCCCCC(=O)OC(C(=O)NCC(C)(C)CNC(=O)CC(N)Cc1cc(F)ccc1F)C(N)Cc1ccccc1. The number of hydrogen-bond donors (Lipinski definition) is 4. The first-order valence-electron chi connectivity index (χ1n) is 15.1. The topological polar surface area (TPSA) is 137 Å². The number of carbonyl (C=O) groups is 3. The van der Waals surface area contributed by atoms with E-state index < -0.39 is 47.1 Å². The molecule has 0 saturated carbocycles. The number of nitrogens with two attached hydrogens (primary N) is 2. The van der Waals surface area contributed by atoms with Gasteiger partial charge in [0.25, 0.3) is 5.91 Å². The highest BCUT2D eigenvalue weighted by molar-refractivity contribution is 5.84. The van der Waals surface area contributed by atoms with Gasteiger partial charge in [0, 0.05) is 32.0 Å². The lowest BCUT2D eigenvalue weighted by Gasteiger charge is -2.28. The highest BCUT2D eigenvalue weighted by Crippen LogP contribution is 2.16. The summed E-state index contributed by atoms with van der Waals surface area (Å²) in [5.41, 5.74) is 12.9. The molecule has 2 aromatic carbocycles. The van der Waals surface area contributed by atoms with Crippen LogP contribution in [-0.4, -0.2) is 49.1 Å². The number of benzene rings is 2. The van der Waals surface area contributed by atoms with Crippen molar-refractivity contribution in [2.24, 2.45) is 16.9 Å². The number of nitrogens with one attached hydrogen (secondary N) is 2. The van der Waals surface area contributed by atoms with Crippen LogP contribution in [0.15, 0.2) is 48.5 Å². The van der Waals surface area contributed by atoms with Gasteiger partial charge < -0.3 is 26.8 Å². The molecule has 2 rings (SSSR count). The number of unbranched alkanes of at least 4 members (excludes halogenated alkanes) is 4. The third kappa shape index (κ3) is 14.1. The maximum absolute atomic E-state index is 13.9. The number of carbonyl (C=O) groups excluding carboxylic acids is 3. The molecule has 0 aromatic heterocycles. The van der Waals surface area contributed by atoms with E-state index in [1.165, 1.54) is 0 Å². The number of amides is 2. The molecule has 0 fully saturated rings. The van der Waals surface area contributed by atoms with E-state index in [4.69, 9.17) is 16.2 Å². The number of rotatable bonds is 19. The van der Waals surface area contributed by atoms with E-state index in [1.807, 2.05) is 44.2 Å². The summed E-state index contributed by atoms with van der Waals surface area (Å²) in [6, 6.07) is 11.1. The molecule has 0 bridgehead atoms. The van der Waals surface area contributed by atoms with Gasteiger partial charge in [-0.2, -0.15) is 0 Å². The largest absolute Gasteiger partial charge is 0.451 e. The van der Waals surface area contributed by atoms with Crippen molar-refractivity contribution in [1.82, 2.24) is 10.6 Å². The third-order valence-corrected chi connectivity index (χ3v) is 7.15. The zero-order valence-corrected chi connectivity index (χ0v) is 25.7. The summed E-state index contributed by atoms with van der Waals surface area (Å²) in [7, 11) is 0. The Morgan fingerprint density at radius 2 is 1.58 bits per heavy atom. The molecule has 6 N–H and O–H groups in total. The van der Waals surface area contributed by atoms with E-state index in [2.05, 4.69) is 17.6 Å². The van der Waals surface area contributed by atoms with Crippen molar-refractivity contribution < 1.29 is 27.9 Å². The average Bonchev–Trinajstić information content (AvgIpc) is 2.96. The zero-order valence-electron chi connectivity index (χ0n) is 25.7.